The molecule has 1 aliphatic rings. The molecule has 7 nitrogen and oxygen atoms in total. The number of nitrogens with zero attached hydrogens (tertiary/aromatic N) is 4. The van der Waals surface area contributed by atoms with Crippen LogP contribution in [0.4, 0.5) is 13.2 Å². The lowest BCUT2D eigenvalue weighted by molar-refractivity contribution is -0.146. The predicted octanol–water partition coefficient (Wildman–Crippen LogP) is 1.11. The summed E-state index contributed by atoms with van der Waals surface area (Å²) in [5, 5.41) is 12.5. The van der Waals surface area contributed by atoms with Crippen molar-refractivity contribution in [1.29, 1.82) is 0 Å². The molecule has 3 heterocycles. The Bertz CT molecular complexity index is 661. The van der Waals surface area contributed by atoms with Crippen LogP contribution >= 0.6 is 11.3 Å². The Morgan fingerprint density at radius 2 is 2.29 bits per heavy atom. The molecule has 1 saturated heterocycles. The van der Waals surface area contributed by atoms with Gasteiger partial charge in [0.15, 0.2) is 0 Å². The number of rotatable bonds is 3. The molecule has 0 aromatic carbocycles. The molecular weight excluding hydrogens is 311 g/mol. The molecule has 1 atom stereocenters. The first-order chi connectivity index (χ1) is 9.95. The van der Waals surface area contributed by atoms with Crippen LogP contribution in [0.15, 0.2) is 0 Å². The fourth-order valence-electron chi connectivity index (χ4n) is 1.97. The van der Waals surface area contributed by atoms with Gasteiger partial charge < -0.3 is 10.1 Å². The van der Waals surface area contributed by atoms with Crippen LogP contribution in [-0.4, -0.2) is 45.0 Å². The van der Waals surface area contributed by atoms with Crippen LogP contribution in [0.1, 0.15) is 28.5 Å². The van der Waals surface area contributed by atoms with Gasteiger partial charge in [0, 0.05) is 13.2 Å². The number of aromatic nitrogens is 4. The summed E-state index contributed by atoms with van der Waals surface area (Å²) in [6.07, 6.45) is -2.93. The summed E-state index contributed by atoms with van der Waals surface area (Å²) in [7, 11) is 0. The van der Waals surface area contributed by atoms with Crippen LogP contribution in [0.2, 0.25) is 0 Å². The van der Waals surface area contributed by atoms with E-state index >= 15 is 0 Å². The van der Waals surface area contributed by atoms with E-state index in [4.69, 9.17) is 4.74 Å². The Kier molecular flexibility index (Phi) is 3.53. The van der Waals surface area contributed by atoms with Crippen molar-refractivity contribution >= 4 is 22.2 Å². The van der Waals surface area contributed by atoms with E-state index in [0.717, 1.165) is 24.2 Å². The summed E-state index contributed by atoms with van der Waals surface area (Å²) in [5.41, 5.74) is 0. The quantitative estimate of drug-likeness (QED) is 0.916. The minimum Gasteiger partial charge on any atom is -0.376 e. The molecule has 2 aromatic heterocycles. The monoisotopic (exact) mass is 321 g/mol. The molecule has 0 radical (unpaired) electrons. The zero-order chi connectivity index (χ0) is 15.0. The predicted molar refractivity (Wildman–Crippen MR) is 65.0 cm³/mol. The SMILES string of the molecule is O=C(NCC1CCCO1)c1nn2c(C(F)(F)F)nnc2s1. The van der Waals surface area contributed by atoms with Crippen molar-refractivity contribution in [3.63, 3.8) is 0 Å². The Balaban J connectivity index is 1.74. The molecule has 1 unspecified atom stereocenters. The number of alkyl halides is 3. The molecular formula is C10H10F3N5O2S. The lowest BCUT2D eigenvalue weighted by Crippen LogP contribution is -2.31. The van der Waals surface area contributed by atoms with Gasteiger partial charge in [0.05, 0.1) is 6.10 Å². The topological polar surface area (TPSA) is 81.4 Å². The largest absolute Gasteiger partial charge is 0.453 e. The van der Waals surface area contributed by atoms with Crippen LogP contribution in [-0.2, 0) is 10.9 Å². The Hall–Kier alpha value is -1.75. The van der Waals surface area contributed by atoms with Gasteiger partial charge in [-0.1, -0.05) is 11.3 Å². The second-order valence-corrected chi connectivity index (χ2v) is 5.42. The van der Waals surface area contributed by atoms with Gasteiger partial charge in [0.1, 0.15) is 0 Å². The standard InChI is InChI=1S/C10H10F3N5O2S/c11-10(12,13)8-15-16-9-18(8)17-7(21-9)6(19)14-4-5-2-1-3-20-5/h5H,1-4H2,(H,14,19). The zero-order valence-electron chi connectivity index (χ0n) is 10.6. The number of hydrogen-bond donors (Lipinski definition) is 1. The van der Waals surface area contributed by atoms with Crippen LogP contribution in [0, 0.1) is 0 Å². The summed E-state index contributed by atoms with van der Waals surface area (Å²) in [6, 6.07) is 0. The Morgan fingerprint density at radius 3 is 2.95 bits per heavy atom. The van der Waals surface area contributed by atoms with Gasteiger partial charge in [0.2, 0.25) is 9.97 Å². The maximum atomic E-state index is 12.6. The molecule has 21 heavy (non-hydrogen) atoms. The lowest BCUT2D eigenvalue weighted by atomic mass is 10.2. The summed E-state index contributed by atoms with van der Waals surface area (Å²) in [4.78, 5) is 11.8. The molecule has 1 amide bonds. The molecule has 3 rings (SSSR count). The first-order valence-electron chi connectivity index (χ1n) is 6.14. The van der Waals surface area contributed by atoms with Gasteiger partial charge in [-0.05, 0) is 12.8 Å². The number of ether oxygens (including phenoxy) is 1. The minimum atomic E-state index is -4.67. The van der Waals surface area contributed by atoms with E-state index in [9.17, 15) is 18.0 Å². The van der Waals surface area contributed by atoms with E-state index < -0.39 is 17.9 Å². The summed E-state index contributed by atoms with van der Waals surface area (Å²) in [5.74, 6) is -1.79. The molecule has 0 aliphatic carbocycles. The van der Waals surface area contributed by atoms with E-state index in [1.165, 1.54) is 0 Å². The summed E-state index contributed by atoms with van der Waals surface area (Å²) < 4.78 is 43.8. The number of nitrogens with one attached hydrogen (secondary N) is 1. The second-order valence-electron chi connectivity index (χ2n) is 4.47. The average Bonchev–Trinajstić information content (AvgIpc) is 3.09. The number of halogens is 3. The van der Waals surface area contributed by atoms with Crippen molar-refractivity contribution in [3.8, 4) is 0 Å². The van der Waals surface area contributed by atoms with Crippen molar-refractivity contribution in [2.75, 3.05) is 13.2 Å². The highest BCUT2D eigenvalue weighted by Gasteiger charge is 2.38. The van der Waals surface area contributed by atoms with Gasteiger partial charge in [-0.3, -0.25) is 4.79 Å². The second kappa shape index (κ2) is 5.22. The smallest absolute Gasteiger partial charge is 0.376 e. The number of carbonyl (C=O) groups excluding carboxylic acids is 1. The molecule has 0 saturated carbocycles. The first kappa shape index (κ1) is 14.2. The van der Waals surface area contributed by atoms with E-state index in [-0.39, 0.29) is 16.1 Å². The van der Waals surface area contributed by atoms with Crippen LogP contribution < -0.4 is 5.32 Å². The third kappa shape index (κ3) is 2.83. The van der Waals surface area contributed by atoms with Gasteiger partial charge in [-0.25, -0.2) is 0 Å². The molecule has 1 aliphatic heterocycles. The maximum absolute atomic E-state index is 12.6. The van der Waals surface area contributed by atoms with Gasteiger partial charge in [-0.2, -0.15) is 17.7 Å². The van der Waals surface area contributed by atoms with Crippen molar-refractivity contribution in [2.45, 2.75) is 25.1 Å². The third-order valence-electron chi connectivity index (χ3n) is 2.95. The normalized spacial score (nSPS) is 19.3. The highest BCUT2D eigenvalue weighted by atomic mass is 32.1. The van der Waals surface area contributed by atoms with Gasteiger partial charge in [-0.15, -0.1) is 15.3 Å². The number of fused-ring (bicyclic) bond motifs is 1. The molecule has 114 valence electrons. The number of amides is 1. The van der Waals surface area contributed by atoms with Crippen molar-refractivity contribution in [3.05, 3.63) is 10.8 Å². The van der Waals surface area contributed by atoms with E-state index in [1.54, 1.807) is 0 Å². The highest BCUT2D eigenvalue weighted by Crippen LogP contribution is 2.28. The molecule has 1 N–H and O–H groups in total. The third-order valence-corrected chi connectivity index (χ3v) is 3.85. The summed E-state index contributed by atoms with van der Waals surface area (Å²) in [6.45, 7) is 0.970. The highest BCUT2D eigenvalue weighted by molar-refractivity contribution is 7.18. The molecule has 2 aromatic rings. The Morgan fingerprint density at radius 1 is 1.48 bits per heavy atom. The van der Waals surface area contributed by atoms with Crippen LogP contribution in [0.5, 0.6) is 0 Å². The minimum absolute atomic E-state index is 0.0506. The molecule has 1 fully saturated rings. The van der Waals surface area contributed by atoms with Gasteiger partial charge >= 0.3 is 6.18 Å². The first-order valence-corrected chi connectivity index (χ1v) is 6.96. The van der Waals surface area contributed by atoms with Crippen molar-refractivity contribution in [2.24, 2.45) is 0 Å². The lowest BCUT2D eigenvalue weighted by Gasteiger charge is -2.09. The average molecular weight is 321 g/mol. The number of hydrogen-bond acceptors (Lipinski definition) is 6. The molecule has 0 spiro atoms. The van der Waals surface area contributed by atoms with Crippen molar-refractivity contribution in [1.82, 2.24) is 25.1 Å². The molecule has 11 heteroatoms. The van der Waals surface area contributed by atoms with E-state index in [1.807, 2.05) is 0 Å². The Labute approximate surface area is 120 Å². The van der Waals surface area contributed by atoms with Crippen LogP contribution in [0.25, 0.3) is 4.96 Å². The fraction of sp³-hybridized carbons (Fsp3) is 0.600. The summed E-state index contributed by atoms with van der Waals surface area (Å²) >= 11 is 0.750. The fourth-order valence-corrected chi connectivity index (χ4v) is 2.73. The number of carbonyl (C=O) groups is 1. The maximum Gasteiger partial charge on any atom is 0.453 e. The van der Waals surface area contributed by atoms with Crippen molar-refractivity contribution < 1.29 is 22.7 Å². The van der Waals surface area contributed by atoms with Gasteiger partial charge in [0.25, 0.3) is 11.7 Å². The molecule has 0 bridgehead atoms. The zero-order valence-corrected chi connectivity index (χ0v) is 11.4. The van der Waals surface area contributed by atoms with E-state index in [0.29, 0.717) is 17.7 Å². The van der Waals surface area contributed by atoms with E-state index in [2.05, 4.69) is 20.6 Å². The van der Waals surface area contributed by atoms with Crippen LogP contribution in [0.3, 0.4) is 0 Å².